The van der Waals surface area contributed by atoms with Gasteiger partial charge in [-0.1, -0.05) is 5.16 Å². The summed E-state index contributed by atoms with van der Waals surface area (Å²) in [7, 11) is 0. The molecule has 0 atom stereocenters. The van der Waals surface area contributed by atoms with Gasteiger partial charge in [0.25, 0.3) is 0 Å². The van der Waals surface area contributed by atoms with Gasteiger partial charge in [-0.25, -0.2) is 0 Å². The number of nitrogens with zero attached hydrogens (tertiary/aromatic N) is 5. The predicted octanol–water partition coefficient (Wildman–Crippen LogP) is 1.39. The molecule has 3 rings (SSSR count). The molecular weight excluding hydrogens is 286 g/mol. The van der Waals surface area contributed by atoms with Crippen LogP contribution in [0.5, 0.6) is 0 Å². The molecule has 3 heterocycles. The van der Waals surface area contributed by atoms with E-state index in [1.807, 2.05) is 24.0 Å². The van der Waals surface area contributed by atoms with Crippen molar-refractivity contribution in [2.45, 2.75) is 19.5 Å². The monoisotopic (exact) mass is 297 g/mol. The Balaban J connectivity index is 1.55. The summed E-state index contributed by atoms with van der Waals surface area (Å²) in [5.74, 6) is 1.37. The highest BCUT2D eigenvalue weighted by atomic mass is 79.9. The van der Waals surface area contributed by atoms with Crippen molar-refractivity contribution in [1.29, 1.82) is 0 Å². The molecule has 1 aliphatic heterocycles. The lowest BCUT2D eigenvalue weighted by Gasteiger charge is -2.38. The van der Waals surface area contributed by atoms with E-state index in [0.717, 1.165) is 24.1 Å². The topological polar surface area (TPSA) is 60.0 Å². The second kappa shape index (κ2) is 4.23. The SMILES string of the molecule is Cc1noc(CN2CC(n3cc(Br)cn3)C2)n1. The van der Waals surface area contributed by atoms with Gasteiger partial charge in [-0.2, -0.15) is 10.1 Å². The van der Waals surface area contributed by atoms with E-state index in [4.69, 9.17) is 4.52 Å². The van der Waals surface area contributed by atoms with Gasteiger partial charge in [0, 0.05) is 19.3 Å². The molecule has 0 bridgehead atoms. The molecule has 1 aliphatic rings. The molecule has 0 N–H and O–H groups in total. The number of likely N-dealkylation sites (tertiary alicyclic amines) is 1. The fraction of sp³-hybridized carbons (Fsp3) is 0.500. The van der Waals surface area contributed by atoms with Crippen LogP contribution in [0.15, 0.2) is 21.4 Å². The Morgan fingerprint density at radius 3 is 2.94 bits per heavy atom. The van der Waals surface area contributed by atoms with Crippen LogP contribution in [0.2, 0.25) is 0 Å². The summed E-state index contributed by atoms with van der Waals surface area (Å²) in [6.45, 7) is 4.48. The van der Waals surface area contributed by atoms with Crippen molar-refractivity contribution in [1.82, 2.24) is 24.8 Å². The summed E-state index contributed by atoms with van der Waals surface area (Å²) in [5.41, 5.74) is 0. The fourth-order valence-electron chi connectivity index (χ4n) is 1.95. The van der Waals surface area contributed by atoms with Gasteiger partial charge in [0.1, 0.15) is 0 Å². The molecule has 0 spiro atoms. The minimum absolute atomic E-state index is 0.449. The van der Waals surface area contributed by atoms with Gasteiger partial charge in [0.15, 0.2) is 5.82 Å². The zero-order valence-corrected chi connectivity index (χ0v) is 11.0. The van der Waals surface area contributed by atoms with E-state index in [2.05, 4.69) is 36.1 Å². The summed E-state index contributed by atoms with van der Waals surface area (Å²) in [5, 5.41) is 8.05. The minimum atomic E-state index is 0.449. The minimum Gasteiger partial charge on any atom is -0.338 e. The Morgan fingerprint density at radius 2 is 2.35 bits per heavy atom. The molecule has 0 aromatic carbocycles. The van der Waals surface area contributed by atoms with E-state index < -0.39 is 0 Å². The number of aromatic nitrogens is 4. The van der Waals surface area contributed by atoms with Crippen LogP contribution < -0.4 is 0 Å². The van der Waals surface area contributed by atoms with Crippen molar-refractivity contribution in [3.8, 4) is 0 Å². The lowest BCUT2D eigenvalue weighted by molar-refractivity contribution is 0.0790. The normalized spacial score (nSPS) is 17.3. The van der Waals surface area contributed by atoms with Gasteiger partial charge in [0.05, 0.1) is 23.3 Å². The van der Waals surface area contributed by atoms with E-state index >= 15 is 0 Å². The lowest BCUT2D eigenvalue weighted by atomic mass is 10.1. The van der Waals surface area contributed by atoms with Crippen molar-refractivity contribution in [3.63, 3.8) is 0 Å². The average Bonchev–Trinajstić information content (AvgIpc) is 2.81. The van der Waals surface area contributed by atoms with Crippen LogP contribution in [0.1, 0.15) is 17.8 Å². The molecule has 0 unspecified atom stereocenters. The molecule has 0 aliphatic carbocycles. The first kappa shape index (κ1) is 10.9. The molecule has 1 saturated heterocycles. The highest BCUT2D eigenvalue weighted by Crippen LogP contribution is 2.23. The maximum absolute atomic E-state index is 5.08. The molecule has 0 amide bonds. The first-order valence-electron chi connectivity index (χ1n) is 5.42. The Morgan fingerprint density at radius 1 is 1.53 bits per heavy atom. The molecular formula is C10H12BrN5O. The van der Waals surface area contributed by atoms with Crippen LogP contribution >= 0.6 is 15.9 Å². The highest BCUT2D eigenvalue weighted by Gasteiger charge is 2.29. The van der Waals surface area contributed by atoms with Gasteiger partial charge < -0.3 is 4.52 Å². The van der Waals surface area contributed by atoms with Gasteiger partial charge in [-0.05, 0) is 22.9 Å². The third-order valence-corrected chi connectivity index (χ3v) is 3.22. The number of aryl methyl sites for hydroxylation is 1. The zero-order valence-electron chi connectivity index (χ0n) is 9.38. The van der Waals surface area contributed by atoms with E-state index in [1.54, 1.807) is 0 Å². The Bertz CT molecular complexity index is 516. The maximum Gasteiger partial charge on any atom is 0.240 e. The Kier molecular flexibility index (Phi) is 2.71. The van der Waals surface area contributed by atoms with Crippen LogP contribution in [0.3, 0.4) is 0 Å². The molecule has 2 aromatic rings. The van der Waals surface area contributed by atoms with Crippen molar-refractivity contribution in [2.75, 3.05) is 13.1 Å². The smallest absolute Gasteiger partial charge is 0.240 e. The van der Waals surface area contributed by atoms with Crippen LogP contribution in [0, 0.1) is 6.92 Å². The Labute approximate surface area is 107 Å². The molecule has 0 radical (unpaired) electrons. The Hall–Kier alpha value is -1.21. The number of rotatable bonds is 3. The summed E-state index contributed by atoms with van der Waals surface area (Å²) in [4.78, 5) is 6.44. The molecule has 0 saturated carbocycles. The predicted molar refractivity (Wildman–Crippen MR) is 63.3 cm³/mol. The highest BCUT2D eigenvalue weighted by molar-refractivity contribution is 9.10. The van der Waals surface area contributed by atoms with Crippen LogP contribution in [0.4, 0.5) is 0 Å². The van der Waals surface area contributed by atoms with Gasteiger partial charge in [-0.15, -0.1) is 0 Å². The largest absolute Gasteiger partial charge is 0.338 e. The summed E-state index contributed by atoms with van der Waals surface area (Å²) >= 11 is 3.40. The maximum atomic E-state index is 5.08. The van der Waals surface area contributed by atoms with Gasteiger partial charge >= 0.3 is 0 Å². The summed E-state index contributed by atoms with van der Waals surface area (Å²) in [6.07, 6.45) is 3.81. The average molecular weight is 298 g/mol. The van der Waals surface area contributed by atoms with Gasteiger partial charge in [0.2, 0.25) is 5.89 Å². The lowest BCUT2D eigenvalue weighted by Crippen LogP contribution is -2.47. The van der Waals surface area contributed by atoms with E-state index in [-0.39, 0.29) is 0 Å². The van der Waals surface area contributed by atoms with E-state index in [9.17, 15) is 0 Å². The van der Waals surface area contributed by atoms with Crippen LogP contribution in [0.25, 0.3) is 0 Å². The molecule has 7 heteroatoms. The third-order valence-electron chi connectivity index (χ3n) is 2.81. The number of hydrogen-bond acceptors (Lipinski definition) is 5. The standard InChI is InChI=1S/C10H12BrN5O/c1-7-13-10(17-14-7)6-15-4-9(5-15)16-3-8(11)2-12-16/h2-3,9H,4-6H2,1H3. The van der Waals surface area contributed by atoms with Crippen molar-refractivity contribution in [2.24, 2.45) is 0 Å². The third kappa shape index (κ3) is 2.25. The van der Waals surface area contributed by atoms with E-state index in [1.165, 1.54) is 0 Å². The molecule has 6 nitrogen and oxygen atoms in total. The second-order valence-corrected chi connectivity index (χ2v) is 5.14. The fourth-order valence-corrected chi connectivity index (χ4v) is 2.25. The molecule has 1 fully saturated rings. The molecule has 2 aromatic heterocycles. The van der Waals surface area contributed by atoms with Crippen molar-refractivity contribution < 1.29 is 4.52 Å². The van der Waals surface area contributed by atoms with Crippen molar-refractivity contribution in [3.05, 3.63) is 28.6 Å². The summed E-state index contributed by atoms with van der Waals surface area (Å²) in [6, 6.07) is 0.449. The van der Waals surface area contributed by atoms with Crippen LogP contribution in [-0.2, 0) is 6.54 Å². The van der Waals surface area contributed by atoms with Gasteiger partial charge in [-0.3, -0.25) is 9.58 Å². The quantitative estimate of drug-likeness (QED) is 0.857. The number of halogens is 1. The van der Waals surface area contributed by atoms with Crippen molar-refractivity contribution >= 4 is 15.9 Å². The molecule has 90 valence electrons. The first-order chi connectivity index (χ1) is 8.20. The molecule has 17 heavy (non-hydrogen) atoms. The second-order valence-electron chi connectivity index (χ2n) is 4.22. The first-order valence-corrected chi connectivity index (χ1v) is 6.21. The number of hydrogen-bond donors (Lipinski definition) is 0. The zero-order chi connectivity index (χ0) is 11.8. The summed E-state index contributed by atoms with van der Waals surface area (Å²) < 4.78 is 8.09. The van der Waals surface area contributed by atoms with E-state index in [0.29, 0.717) is 17.8 Å². The van der Waals surface area contributed by atoms with Crippen LogP contribution in [-0.4, -0.2) is 37.9 Å².